The van der Waals surface area contributed by atoms with Crippen LogP contribution >= 0.6 is 0 Å². The first-order valence-corrected chi connectivity index (χ1v) is 19.6. The number of allylic oxidation sites excluding steroid dienone is 8. The Balaban J connectivity index is 3.96. The molecule has 0 aliphatic carbocycles. The summed E-state index contributed by atoms with van der Waals surface area (Å²) in [6.07, 6.45) is 52.4. The van der Waals surface area contributed by atoms with Gasteiger partial charge in [0.1, 0.15) is 0 Å². The molecule has 0 aliphatic rings. The van der Waals surface area contributed by atoms with Gasteiger partial charge in [-0.25, -0.2) is 0 Å². The summed E-state index contributed by atoms with van der Waals surface area (Å²) in [4.78, 5) is 14.6. The van der Waals surface area contributed by atoms with Crippen molar-refractivity contribution >= 4 is 5.91 Å². The molecule has 0 fully saturated rings. The van der Waals surface area contributed by atoms with Crippen LogP contribution in [0.15, 0.2) is 48.6 Å². The van der Waals surface area contributed by atoms with Crippen molar-refractivity contribution in [3.63, 3.8) is 0 Å². The summed E-state index contributed by atoms with van der Waals surface area (Å²) < 4.78 is 0. The molecule has 0 aliphatic heterocycles. The smallest absolute Gasteiger partial charge is 0.221 e. The van der Waals surface area contributed by atoms with Crippen LogP contribution in [0, 0.1) is 0 Å². The fourth-order valence-electron chi connectivity index (χ4n) is 5.67. The Morgan fingerprint density at radius 1 is 0.511 bits per heavy atom. The number of carbonyl (C=O) groups is 1. The van der Waals surface area contributed by atoms with Crippen molar-refractivity contribution in [3.8, 4) is 0 Å². The van der Waals surface area contributed by atoms with Crippen molar-refractivity contribution in [2.24, 2.45) is 0 Å². The summed E-state index contributed by atoms with van der Waals surface area (Å²) in [5.41, 5.74) is 0. The number of hydrogen-bond acceptors (Lipinski definition) is 2. The molecule has 0 bridgehead atoms. The van der Waals surface area contributed by atoms with E-state index < -0.39 is 0 Å². The van der Waals surface area contributed by atoms with Gasteiger partial charge in [-0.05, 0) is 91.1 Å². The normalized spacial score (nSPS) is 13.0. The van der Waals surface area contributed by atoms with E-state index in [1.54, 1.807) is 0 Å². The Bertz CT molecular complexity index is 672. The third-order valence-corrected chi connectivity index (χ3v) is 8.66. The van der Waals surface area contributed by atoms with Crippen LogP contribution in [0.2, 0.25) is 0 Å². The van der Waals surface area contributed by atoms with E-state index in [-0.39, 0.29) is 5.91 Å². The molecule has 0 unspecified atom stereocenters. The number of amides is 1. The van der Waals surface area contributed by atoms with E-state index in [1.807, 2.05) is 14.1 Å². The molecule has 0 heterocycles. The predicted molar refractivity (Wildman–Crippen MR) is 203 cm³/mol. The number of carbonyl (C=O) groups excluding carboxylic acids is 1. The molecule has 45 heavy (non-hydrogen) atoms. The Hall–Kier alpha value is -1.61. The van der Waals surface area contributed by atoms with Crippen molar-refractivity contribution in [2.75, 3.05) is 20.6 Å². The van der Waals surface area contributed by atoms with E-state index in [9.17, 15) is 4.79 Å². The molecule has 262 valence electrons. The first kappa shape index (κ1) is 43.4. The van der Waals surface area contributed by atoms with Gasteiger partial charge in [0, 0.05) is 19.0 Å². The van der Waals surface area contributed by atoms with Gasteiger partial charge in [0.25, 0.3) is 0 Å². The van der Waals surface area contributed by atoms with Gasteiger partial charge in [-0.15, -0.1) is 0 Å². The fourth-order valence-corrected chi connectivity index (χ4v) is 5.67. The van der Waals surface area contributed by atoms with Crippen LogP contribution in [-0.2, 0) is 4.79 Å². The molecular weight excluding hydrogens is 548 g/mol. The maximum atomic E-state index is 12.5. The van der Waals surface area contributed by atoms with E-state index >= 15 is 0 Å². The molecule has 0 saturated heterocycles. The van der Waals surface area contributed by atoms with Gasteiger partial charge in [-0.1, -0.05) is 152 Å². The van der Waals surface area contributed by atoms with Crippen molar-refractivity contribution in [1.29, 1.82) is 0 Å². The molecule has 0 radical (unpaired) electrons. The first-order valence-electron chi connectivity index (χ1n) is 19.6. The second-order valence-corrected chi connectivity index (χ2v) is 13.6. The van der Waals surface area contributed by atoms with Crippen LogP contribution in [0.1, 0.15) is 187 Å². The molecule has 1 amide bonds. The zero-order valence-electron chi connectivity index (χ0n) is 30.9. The average molecular weight is 627 g/mol. The minimum atomic E-state index is 0.230. The number of unbranched alkanes of at least 4 members (excludes halogenated alkanes) is 18. The van der Waals surface area contributed by atoms with Gasteiger partial charge >= 0.3 is 0 Å². The highest BCUT2D eigenvalue weighted by Gasteiger charge is 2.12. The standard InChI is InChI=1S/C42H78N2O/c1-5-7-9-11-13-15-17-19-21-23-25-27-29-31-33-35-37-41(43-42(45)39-40-44(3)4)38-36-34-32-30-28-26-24-22-20-18-16-14-12-10-8-6-2/h13-16,19-22,41H,5-12,17-18,23-40H2,1-4H3,(H,43,45). The van der Waals surface area contributed by atoms with Gasteiger partial charge in [-0.2, -0.15) is 0 Å². The maximum Gasteiger partial charge on any atom is 0.221 e. The first-order chi connectivity index (χ1) is 22.1. The highest BCUT2D eigenvalue weighted by atomic mass is 16.1. The lowest BCUT2D eigenvalue weighted by Gasteiger charge is -2.20. The molecule has 0 aromatic rings. The molecular formula is C42H78N2O. The Kier molecular flexibility index (Phi) is 35.5. The SMILES string of the molecule is CCCCCC=CCC=CCCCCCCCCC(CCCCCCCCC=CCC=CCCCCC)NC(=O)CCN(C)C. The fraction of sp³-hybridized carbons (Fsp3) is 0.786. The van der Waals surface area contributed by atoms with Gasteiger partial charge < -0.3 is 10.2 Å². The number of hydrogen-bond donors (Lipinski definition) is 1. The molecule has 0 saturated carbocycles. The van der Waals surface area contributed by atoms with Gasteiger partial charge in [0.15, 0.2) is 0 Å². The number of nitrogens with zero attached hydrogens (tertiary/aromatic N) is 1. The molecule has 0 atom stereocenters. The van der Waals surface area contributed by atoms with E-state index in [4.69, 9.17) is 0 Å². The quantitative estimate of drug-likeness (QED) is 0.0569. The number of rotatable bonds is 34. The van der Waals surface area contributed by atoms with Crippen molar-refractivity contribution < 1.29 is 4.79 Å². The summed E-state index contributed by atoms with van der Waals surface area (Å²) in [6, 6.07) is 0.358. The van der Waals surface area contributed by atoms with Crippen LogP contribution in [-0.4, -0.2) is 37.5 Å². The minimum Gasteiger partial charge on any atom is -0.353 e. The van der Waals surface area contributed by atoms with Crippen LogP contribution < -0.4 is 5.32 Å². The van der Waals surface area contributed by atoms with Gasteiger partial charge in [0.2, 0.25) is 5.91 Å². The molecule has 3 nitrogen and oxygen atoms in total. The highest BCUT2D eigenvalue weighted by molar-refractivity contribution is 5.76. The van der Waals surface area contributed by atoms with Crippen LogP contribution in [0.25, 0.3) is 0 Å². The van der Waals surface area contributed by atoms with Crippen molar-refractivity contribution in [2.45, 2.75) is 193 Å². The average Bonchev–Trinajstić information content (AvgIpc) is 3.03. The predicted octanol–water partition coefficient (Wildman–Crippen LogP) is 12.8. The third kappa shape index (κ3) is 36.7. The Morgan fingerprint density at radius 2 is 0.867 bits per heavy atom. The third-order valence-electron chi connectivity index (χ3n) is 8.66. The lowest BCUT2D eigenvalue weighted by atomic mass is 9.99. The Labute approximate surface area is 282 Å². The Morgan fingerprint density at radius 3 is 1.24 bits per heavy atom. The summed E-state index contributed by atoms with van der Waals surface area (Å²) >= 11 is 0. The van der Waals surface area contributed by atoms with Crippen LogP contribution in [0.4, 0.5) is 0 Å². The lowest BCUT2D eigenvalue weighted by molar-refractivity contribution is -0.122. The van der Waals surface area contributed by atoms with Crippen LogP contribution in [0.3, 0.4) is 0 Å². The molecule has 0 aromatic heterocycles. The van der Waals surface area contributed by atoms with E-state index in [0.717, 1.165) is 32.2 Å². The van der Waals surface area contributed by atoms with Crippen molar-refractivity contribution in [3.05, 3.63) is 48.6 Å². The summed E-state index contributed by atoms with van der Waals surface area (Å²) in [5, 5.41) is 3.39. The lowest BCUT2D eigenvalue weighted by Crippen LogP contribution is -2.36. The zero-order chi connectivity index (χ0) is 32.9. The topological polar surface area (TPSA) is 32.3 Å². The van der Waals surface area contributed by atoms with E-state index in [2.05, 4.69) is 72.7 Å². The molecule has 0 spiro atoms. The monoisotopic (exact) mass is 627 g/mol. The second-order valence-electron chi connectivity index (χ2n) is 13.6. The minimum absolute atomic E-state index is 0.230. The van der Waals surface area contributed by atoms with E-state index in [1.165, 1.54) is 141 Å². The van der Waals surface area contributed by atoms with E-state index in [0.29, 0.717) is 12.5 Å². The summed E-state index contributed by atoms with van der Waals surface area (Å²) in [5.74, 6) is 0.230. The number of nitrogens with one attached hydrogen (secondary N) is 1. The highest BCUT2D eigenvalue weighted by Crippen LogP contribution is 2.16. The second kappa shape index (κ2) is 36.9. The molecule has 3 heteroatoms. The molecule has 0 aromatic carbocycles. The van der Waals surface area contributed by atoms with Gasteiger partial charge in [0.05, 0.1) is 0 Å². The summed E-state index contributed by atoms with van der Waals surface area (Å²) in [7, 11) is 4.08. The molecule has 0 rings (SSSR count). The zero-order valence-corrected chi connectivity index (χ0v) is 30.9. The molecule has 1 N–H and O–H groups in total. The summed E-state index contributed by atoms with van der Waals surface area (Å²) in [6.45, 7) is 5.35. The maximum absolute atomic E-state index is 12.5. The van der Waals surface area contributed by atoms with Gasteiger partial charge in [-0.3, -0.25) is 4.79 Å². The largest absolute Gasteiger partial charge is 0.353 e. The van der Waals surface area contributed by atoms with Crippen molar-refractivity contribution in [1.82, 2.24) is 10.2 Å². The van der Waals surface area contributed by atoms with Crippen LogP contribution in [0.5, 0.6) is 0 Å².